The van der Waals surface area contributed by atoms with Gasteiger partial charge < -0.3 is 15.4 Å². The maximum atomic E-state index is 12.8. The zero-order chi connectivity index (χ0) is 24.6. The summed E-state index contributed by atoms with van der Waals surface area (Å²) >= 11 is 0. The number of nitrogens with zero attached hydrogens (tertiary/aromatic N) is 3. The first kappa shape index (κ1) is 26.8. The number of primary sulfonamides is 1. The van der Waals surface area contributed by atoms with Crippen LogP contribution >= 0.6 is 0 Å². The van der Waals surface area contributed by atoms with Crippen LogP contribution in [-0.2, 0) is 21.2 Å². The zero-order valence-corrected chi connectivity index (χ0v) is 21.2. The summed E-state index contributed by atoms with van der Waals surface area (Å²) in [5.41, 5.74) is 6.71. The number of sulfonamides is 1. The summed E-state index contributed by atoms with van der Waals surface area (Å²) < 4.78 is 31.1. The van der Waals surface area contributed by atoms with E-state index in [4.69, 9.17) is 15.6 Å². The predicted octanol–water partition coefficient (Wildman–Crippen LogP) is 2.11. The first-order valence-corrected chi connectivity index (χ1v) is 14.2. The molecule has 192 valence electrons. The van der Waals surface area contributed by atoms with Gasteiger partial charge in [-0.15, -0.1) is 0 Å². The van der Waals surface area contributed by atoms with Crippen molar-refractivity contribution in [2.45, 2.75) is 75.6 Å². The molecule has 0 spiro atoms. The average Bonchev–Trinajstić information content (AvgIpc) is 3.35. The fraction of sp³-hybridized carbons (Fsp3) is 0.750. The summed E-state index contributed by atoms with van der Waals surface area (Å²) in [6.45, 7) is 5.38. The summed E-state index contributed by atoms with van der Waals surface area (Å²) in [4.78, 5) is 20.5. The van der Waals surface area contributed by atoms with Crippen molar-refractivity contribution >= 4 is 16.1 Å². The second-order valence-electron chi connectivity index (χ2n) is 9.58. The first-order chi connectivity index (χ1) is 16.3. The highest BCUT2D eigenvalue weighted by molar-refractivity contribution is 7.89. The first-order valence-electron chi connectivity index (χ1n) is 12.6. The number of aromatic nitrogens is 1. The molecule has 10 heteroatoms. The molecule has 1 aliphatic carbocycles. The zero-order valence-electron chi connectivity index (χ0n) is 20.3. The van der Waals surface area contributed by atoms with Gasteiger partial charge in [-0.2, -0.15) is 0 Å². The van der Waals surface area contributed by atoms with Crippen molar-refractivity contribution < 1.29 is 17.9 Å². The van der Waals surface area contributed by atoms with Gasteiger partial charge in [0.1, 0.15) is 0 Å². The second kappa shape index (κ2) is 12.8. The number of rotatable bonds is 12. The molecule has 1 saturated heterocycles. The Morgan fingerprint density at radius 2 is 1.97 bits per heavy atom. The van der Waals surface area contributed by atoms with Gasteiger partial charge in [-0.05, 0) is 56.1 Å². The van der Waals surface area contributed by atoms with E-state index in [9.17, 15) is 13.2 Å². The number of nitrogens with two attached hydrogens (primary N) is 2. The molecule has 2 aliphatic rings. The minimum atomic E-state index is -3.89. The van der Waals surface area contributed by atoms with Crippen LogP contribution in [0.25, 0.3) is 0 Å². The molecule has 34 heavy (non-hydrogen) atoms. The van der Waals surface area contributed by atoms with Crippen LogP contribution in [0.15, 0.2) is 24.5 Å². The molecule has 2 amide bonds. The van der Waals surface area contributed by atoms with Crippen molar-refractivity contribution in [2.75, 3.05) is 32.8 Å². The molecule has 4 N–H and O–H groups in total. The third-order valence-corrected chi connectivity index (χ3v) is 8.92. The molecule has 1 aliphatic heterocycles. The molecule has 9 nitrogen and oxygen atoms in total. The lowest BCUT2D eigenvalue weighted by Crippen LogP contribution is -2.54. The lowest BCUT2D eigenvalue weighted by Gasteiger charge is -2.40. The maximum absolute atomic E-state index is 12.8. The van der Waals surface area contributed by atoms with E-state index in [2.05, 4.69) is 9.88 Å². The van der Waals surface area contributed by atoms with Crippen molar-refractivity contribution in [3.05, 3.63) is 30.1 Å². The van der Waals surface area contributed by atoms with E-state index in [0.29, 0.717) is 51.0 Å². The Balaban J connectivity index is 1.76. The molecule has 3 rings (SSSR count). The molecular formula is C24H41N5O4S. The molecule has 2 heterocycles. The van der Waals surface area contributed by atoms with Crippen LogP contribution in [0, 0.1) is 5.92 Å². The third kappa shape index (κ3) is 7.37. The summed E-state index contributed by atoms with van der Waals surface area (Å²) in [5, 5.41) is 4.91. The molecule has 1 saturated carbocycles. The molecule has 1 aromatic rings. The molecule has 3 unspecified atom stereocenters. The van der Waals surface area contributed by atoms with Crippen molar-refractivity contribution in [1.82, 2.24) is 14.8 Å². The van der Waals surface area contributed by atoms with Gasteiger partial charge in [-0.3, -0.25) is 9.88 Å². The van der Waals surface area contributed by atoms with Crippen molar-refractivity contribution in [1.29, 1.82) is 0 Å². The van der Waals surface area contributed by atoms with Gasteiger partial charge in [-0.25, -0.2) is 18.4 Å². The SMILES string of the molecule is CCC(C(CCC(C1CCCC1)N1CCOCC1)S(N)(=O)=O)N(CCc1cccnc1)C(N)=O. The van der Waals surface area contributed by atoms with Crippen LogP contribution in [0.1, 0.15) is 57.4 Å². The normalized spacial score (nSPS) is 20.6. The number of carbonyl (C=O) groups excluding carboxylic acids is 1. The van der Waals surface area contributed by atoms with Crippen LogP contribution in [0.5, 0.6) is 0 Å². The van der Waals surface area contributed by atoms with Crippen molar-refractivity contribution in [3.8, 4) is 0 Å². The minimum absolute atomic E-state index is 0.311. The number of primary amides is 1. The van der Waals surface area contributed by atoms with Crippen LogP contribution in [-0.4, -0.2) is 79.4 Å². The van der Waals surface area contributed by atoms with Gasteiger partial charge in [0.05, 0.1) is 24.5 Å². The number of urea groups is 1. The van der Waals surface area contributed by atoms with Gasteiger partial charge in [0.15, 0.2) is 0 Å². The molecule has 0 aromatic carbocycles. The quantitative estimate of drug-likeness (QED) is 0.456. The standard InChI is InChI=1S/C24H41N5O4S/c1-2-21(29(24(25)30)13-11-19-6-5-12-27-18-19)23(34(26,31)32)10-9-22(20-7-3-4-8-20)28-14-16-33-17-15-28/h5-6,12,18,20-23H,2-4,7-11,13-17H2,1H3,(H2,25,30)(H2,26,31,32). The van der Waals surface area contributed by atoms with E-state index in [1.165, 1.54) is 30.6 Å². The predicted molar refractivity (Wildman–Crippen MR) is 133 cm³/mol. The number of hydrogen-bond acceptors (Lipinski definition) is 6. The van der Waals surface area contributed by atoms with Crippen LogP contribution < -0.4 is 10.9 Å². The van der Waals surface area contributed by atoms with Crippen LogP contribution in [0.4, 0.5) is 4.79 Å². The lowest BCUT2D eigenvalue weighted by atomic mass is 9.90. The monoisotopic (exact) mass is 495 g/mol. The Labute approximate surface area is 204 Å². The largest absolute Gasteiger partial charge is 0.379 e. The molecular weight excluding hydrogens is 454 g/mol. The van der Waals surface area contributed by atoms with Crippen LogP contribution in [0.3, 0.4) is 0 Å². The molecule has 3 atom stereocenters. The Hall–Kier alpha value is -1.75. The molecule has 0 radical (unpaired) electrons. The topological polar surface area (TPSA) is 132 Å². The molecule has 0 bridgehead atoms. The van der Waals surface area contributed by atoms with Gasteiger partial charge >= 0.3 is 6.03 Å². The third-order valence-electron chi connectivity index (χ3n) is 7.52. The van der Waals surface area contributed by atoms with Crippen molar-refractivity contribution in [3.63, 3.8) is 0 Å². The highest BCUT2D eigenvalue weighted by Crippen LogP contribution is 2.34. The molecule has 2 fully saturated rings. The Morgan fingerprint density at radius 3 is 2.53 bits per heavy atom. The van der Waals surface area contributed by atoms with E-state index in [-0.39, 0.29) is 0 Å². The van der Waals surface area contributed by atoms with Gasteiger partial charge in [-0.1, -0.05) is 25.8 Å². The number of hydrogen-bond donors (Lipinski definition) is 2. The fourth-order valence-corrected chi connectivity index (χ4v) is 7.04. The van der Waals surface area contributed by atoms with Gasteiger partial charge in [0, 0.05) is 38.1 Å². The lowest BCUT2D eigenvalue weighted by molar-refractivity contribution is 0.00000375. The number of ether oxygens (including phenoxy) is 1. The number of pyridine rings is 1. The summed E-state index contributed by atoms with van der Waals surface area (Å²) in [6, 6.07) is 2.88. The Bertz CT molecular complexity index is 857. The number of carbonyl (C=O) groups is 1. The number of morpholine rings is 1. The number of amides is 2. The van der Waals surface area contributed by atoms with Gasteiger partial charge in [0.2, 0.25) is 10.0 Å². The molecule has 1 aromatic heterocycles. The second-order valence-corrected chi connectivity index (χ2v) is 11.4. The average molecular weight is 496 g/mol. The Kier molecular flexibility index (Phi) is 10.1. The summed E-state index contributed by atoms with van der Waals surface area (Å²) in [5.74, 6) is 0.567. The minimum Gasteiger partial charge on any atom is -0.379 e. The van der Waals surface area contributed by atoms with E-state index >= 15 is 0 Å². The van der Waals surface area contributed by atoms with Gasteiger partial charge in [0.25, 0.3) is 0 Å². The highest BCUT2D eigenvalue weighted by Gasteiger charge is 2.38. The van der Waals surface area contributed by atoms with E-state index < -0.39 is 27.3 Å². The van der Waals surface area contributed by atoms with Crippen LogP contribution in [0.2, 0.25) is 0 Å². The van der Waals surface area contributed by atoms with E-state index in [1.54, 1.807) is 12.4 Å². The Morgan fingerprint density at radius 1 is 1.26 bits per heavy atom. The summed E-state index contributed by atoms with van der Waals surface area (Å²) in [7, 11) is -3.89. The summed E-state index contributed by atoms with van der Waals surface area (Å²) in [6.07, 6.45) is 10.4. The smallest absolute Gasteiger partial charge is 0.315 e. The van der Waals surface area contributed by atoms with Crippen molar-refractivity contribution in [2.24, 2.45) is 16.8 Å². The highest BCUT2D eigenvalue weighted by atomic mass is 32.2. The maximum Gasteiger partial charge on any atom is 0.315 e. The van der Waals surface area contributed by atoms with E-state index in [1.807, 2.05) is 19.1 Å². The van der Waals surface area contributed by atoms with E-state index in [0.717, 1.165) is 25.1 Å². The fourth-order valence-electron chi connectivity index (χ4n) is 5.80.